The standard InChI is InChI=1S/C12H14BrN3/c1-16-11(9-14-15-16)7-8-12(13)10-5-3-2-4-6-10/h2-6,9,12H,7-8H2,1H3. The first-order chi connectivity index (χ1) is 7.77. The fourth-order valence-corrected chi connectivity index (χ4v) is 2.17. The van der Waals surface area contributed by atoms with E-state index in [4.69, 9.17) is 0 Å². The van der Waals surface area contributed by atoms with E-state index in [0.717, 1.165) is 12.8 Å². The van der Waals surface area contributed by atoms with E-state index in [-0.39, 0.29) is 0 Å². The molecule has 0 aliphatic carbocycles. The molecule has 0 saturated heterocycles. The third-order valence-electron chi connectivity index (χ3n) is 2.62. The summed E-state index contributed by atoms with van der Waals surface area (Å²) in [6.45, 7) is 0. The highest BCUT2D eigenvalue weighted by Gasteiger charge is 2.08. The minimum absolute atomic E-state index is 0.392. The molecule has 1 aromatic heterocycles. The van der Waals surface area contributed by atoms with Crippen molar-refractivity contribution in [3.63, 3.8) is 0 Å². The van der Waals surface area contributed by atoms with Gasteiger partial charge in [0, 0.05) is 11.9 Å². The monoisotopic (exact) mass is 279 g/mol. The molecule has 0 amide bonds. The van der Waals surface area contributed by atoms with Gasteiger partial charge < -0.3 is 0 Å². The van der Waals surface area contributed by atoms with Crippen molar-refractivity contribution in [3.8, 4) is 0 Å². The Hall–Kier alpha value is -1.16. The Balaban J connectivity index is 1.94. The van der Waals surface area contributed by atoms with Crippen LogP contribution in [0.3, 0.4) is 0 Å². The molecule has 4 heteroatoms. The highest BCUT2D eigenvalue weighted by molar-refractivity contribution is 9.09. The number of halogens is 1. The first-order valence-corrected chi connectivity index (χ1v) is 6.21. The van der Waals surface area contributed by atoms with Gasteiger partial charge in [0.2, 0.25) is 0 Å². The van der Waals surface area contributed by atoms with Gasteiger partial charge in [-0.3, -0.25) is 4.68 Å². The maximum Gasteiger partial charge on any atom is 0.0724 e. The average Bonchev–Trinajstić information content (AvgIpc) is 2.73. The fraction of sp³-hybridized carbons (Fsp3) is 0.333. The number of aryl methyl sites for hydroxylation is 2. The van der Waals surface area contributed by atoms with E-state index < -0.39 is 0 Å². The molecule has 3 nitrogen and oxygen atoms in total. The molecule has 2 rings (SSSR count). The van der Waals surface area contributed by atoms with E-state index in [1.54, 1.807) is 0 Å². The molecule has 2 aromatic rings. The van der Waals surface area contributed by atoms with Gasteiger partial charge in [0.05, 0.1) is 11.9 Å². The van der Waals surface area contributed by atoms with Gasteiger partial charge in [-0.1, -0.05) is 51.5 Å². The molecular formula is C12H14BrN3. The zero-order chi connectivity index (χ0) is 11.4. The van der Waals surface area contributed by atoms with E-state index in [2.05, 4.69) is 50.5 Å². The third-order valence-corrected chi connectivity index (χ3v) is 3.61. The lowest BCUT2D eigenvalue weighted by molar-refractivity contribution is 0.658. The van der Waals surface area contributed by atoms with Gasteiger partial charge in [-0.15, -0.1) is 5.10 Å². The SMILES string of the molecule is Cn1nncc1CCC(Br)c1ccccc1. The van der Waals surface area contributed by atoms with Crippen molar-refractivity contribution < 1.29 is 0 Å². The lowest BCUT2D eigenvalue weighted by atomic mass is 10.1. The second kappa shape index (κ2) is 5.25. The first-order valence-electron chi connectivity index (χ1n) is 5.30. The molecule has 1 atom stereocenters. The van der Waals surface area contributed by atoms with Crippen molar-refractivity contribution in [2.24, 2.45) is 7.05 Å². The first kappa shape index (κ1) is 11.3. The molecule has 1 aromatic carbocycles. The molecule has 0 radical (unpaired) electrons. The predicted molar refractivity (Wildman–Crippen MR) is 67.4 cm³/mol. The van der Waals surface area contributed by atoms with Gasteiger partial charge in [0.25, 0.3) is 0 Å². The van der Waals surface area contributed by atoms with Crippen LogP contribution in [0, 0.1) is 0 Å². The Morgan fingerprint density at radius 1 is 1.31 bits per heavy atom. The van der Waals surface area contributed by atoms with E-state index in [1.165, 1.54) is 11.3 Å². The van der Waals surface area contributed by atoms with Crippen molar-refractivity contribution in [1.29, 1.82) is 0 Å². The molecule has 0 aliphatic rings. The predicted octanol–water partition coefficient (Wildman–Crippen LogP) is 2.88. The highest BCUT2D eigenvalue weighted by Crippen LogP contribution is 2.27. The van der Waals surface area contributed by atoms with Crippen molar-refractivity contribution in [3.05, 3.63) is 47.8 Å². The maximum atomic E-state index is 3.92. The second-order valence-electron chi connectivity index (χ2n) is 3.77. The minimum Gasteiger partial charge on any atom is -0.252 e. The normalized spacial score (nSPS) is 12.6. The summed E-state index contributed by atoms with van der Waals surface area (Å²) < 4.78 is 1.82. The molecule has 1 unspecified atom stereocenters. The smallest absolute Gasteiger partial charge is 0.0724 e. The molecule has 0 saturated carbocycles. The fourth-order valence-electron chi connectivity index (χ4n) is 1.64. The van der Waals surface area contributed by atoms with E-state index >= 15 is 0 Å². The number of alkyl halides is 1. The summed E-state index contributed by atoms with van der Waals surface area (Å²) in [5, 5.41) is 7.79. The van der Waals surface area contributed by atoms with Crippen LogP contribution in [0.5, 0.6) is 0 Å². The third kappa shape index (κ3) is 2.70. The molecule has 1 heterocycles. The van der Waals surface area contributed by atoms with Gasteiger partial charge in [-0.2, -0.15) is 0 Å². The Bertz CT molecular complexity index is 439. The van der Waals surface area contributed by atoms with Crippen molar-refractivity contribution in [2.45, 2.75) is 17.7 Å². The summed E-state index contributed by atoms with van der Waals surface area (Å²) in [6, 6.07) is 10.4. The van der Waals surface area contributed by atoms with Crippen LogP contribution in [0.2, 0.25) is 0 Å². The van der Waals surface area contributed by atoms with Gasteiger partial charge in [0.15, 0.2) is 0 Å². The molecule has 0 fully saturated rings. The van der Waals surface area contributed by atoms with E-state index in [9.17, 15) is 0 Å². The van der Waals surface area contributed by atoms with Crippen LogP contribution < -0.4 is 0 Å². The van der Waals surface area contributed by atoms with Crippen LogP contribution >= 0.6 is 15.9 Å². The van der Waals surface area contributed by atoms with Crippen LogP contribution in [0.25, 0.3) is 0 Å². The van der Waals surface area contributed by atoms with Crippen molar-refractivity contribution >= 4 is 15.9 Å². The van der Waals surface area contributed by atoms with Crippen molar-refractivity contribution in [1.82, 2.24) is 15.0 Å². The van der Waals surface area contributed by atoms with Crippen LogP contribution in [0.1, 0.15) is 22.5 Å². The lowest BCUT2D eigenvalue weighted by Crippen LogP contribution is -2.00. The number of benzene rings is 1. The topological polar surface area (TPSA) is 30.7 Å². The summed E-state index contributed by atoms with van der Waals surface area (Å²) in [4.78, 5) is 0.392. The van der Waals surface area contributed by atoms with Crippen LogP contribution in [-0.4, -0.2) is 15.0 Å². The zero-order valence-electron chi connectivity index (χ0n) is 9.18. The van der Waals surface area contributed by atoms with Crippen LogP contribution in [0.15, 0.2) is 36.5 Å². The average molecular weight is 280 g/mol. The quantitative estimate of drug-likeness (QED) is 0.806. The maximum absolute atomic E-state index is 3.92. The molecule has 16 heavy (non-hydrogen) atoms. The summed E-state index contributed by atoms with van der Waals surface area (Å²) in [5.74, 6) is 0. The van der Waals surface area contributed by atoms with Gasteiger partial charge in [-0.25, -0.2) is 0 Å². The molecule has 0 spiro atoms. The summed E-state index contributed by atoms with van der Waals surface area (Å²) in [5.41, 5.74) is 2.48. The van der Waals surface area contributed by atoms with Gasteiger partial charge >= 0.3 is 0 Å². The van der Waals surface area contributed by atoms with Crippen LogP contribution in [0.4, 0.5) is 0 Å². The number of hydrogen-bond donors (Lipinski definition) is 0. The number of hydrogen-bond acceptors (Lipinski definition) is 2. The largest absolute Gasteiger partial charge is 0.252 e. The highest BCUT2D eigenvalue weighted by atomic mass is 79.9. The van der Waals surface area contributed by atoms with E-state index in [1.807, 2.05) is 24.0 Å². The lowest BCUT2D eigenvalue weighted by Gasteiger charge is -2.09. The molecule has 0 bridgehead atoms. The molecule has 0 N–H and O–H groups in total. The van der Waals surface area contributed by atoms with Gasteiger partial charge in [-0.05, 0) is 18.4 Å². The Morgan fingerprint density at radius 2 is 2.06 bits per heavy atom. The minimum atomic E-state index is 0.392. The summed E-state index contributed by atoms with van der Waals surface area (Å²) in [6.07, 6.45) is 3.85. The zero-order valence-corrected chi connectivity index (χ0v) is 10.8. The molecule has 0 aliphatic heterocycles. The Kier molecular flexibility index (Phi) is 3.72. The van der Waals surface area contributed by atoms with E-state index in [0.29, 0.717) is 4.83 Å². The number of nitrogens with zero attached hydrogens (tertiary/aromatic N) is 3. The molecular weight excluding hydrogens is 266 g/mol. The molecule has 84 valence electrons. The van der Waals surface area contributed by atoms with Crippen LogP contribution in [-0.2, 0) is 13.5 Å². The second-order valence-corrected chi connectivity index (χ2v) is 4.87. The van der Waals surface area contributed by atoms with Gasteiger partial charge in [0.1, 0.15) is 0 Å². The van der Waals surface area contributed by atoms with Crippen molar-refractivity contribution in [2.75, 3.05) is 0 Å². The summed E-state index contributed by atoms with van der Waals surface area (Å²) in [7, 11) is 1.92. The number of rotatable bonds is 4. The summed E-state index contributed by atoms with van der Waals surface area (Å²) >= 11 is 3.71. The number of aromatic nitrogens is 3. The Morgan fingerprint density at radius 3 is 2.69 bits per heavy atom. The Labute approximate surface area is 104 Å².